The van der Waals surface area contributed by atoms with Crippen molar-refractivity contribution in [3.8, 4) is 6.07 Å². The molecule has 1 aromatic carbocycles. The van der Waals surface area contributed by atoms with Crippen LogP contribution in [0.15, 0.2) is 24.4 Å². The third-order valence-corrected chi connectivity index (χ3v) is 6.40. The minimum absolute atomic E-state index is 0.185. The maximum atomic E-state index is 9.15. The quantitative estimate of drug-likeness (QED) is 0.528. The van der Waals surface area contributed by atoms with E-state index in [0.29, 0.717) is 24.3 Å². The maximum Gasteiger partial charge on any atom is 0.155 e. The standard InChI is InChI=1S/C22H28N8/c1-22(14-24)6-9-29(10-7-22)18-13-27-19(20(25)28-18)21(26)30-8-2-3-16-11-15(12-23)4-5-17(16)30/h4-5,11,13,26H,2-3,6-10,14,24H2,1H3,(H2,25,28). The van der Waals surface area contributed by atoms with E-state index in [0.717, 1.165) is 55.8 Å². The van der Waals surface area contributed by atoms with Gasteiger partial charge in [0.2, 0.25) is 0 Å². The lowest BCUT2D eigenvalue weighted by Gasteiger charge is -2.39. The zero-order valence-electron chi connectivity index (χ0n) is 17.4. The van der Waals surface area contributed by atoms with Gasteiger partial charge in [-0.25, -0.2) is 9.97 Å². The Hall–Kier alpha value is -3.18. The fourth-order valence-corrected chi connectivity index (χ4v) is 4.24. The van der Waals surface area contributed by atoms with Gasteiger partial charge in [-0.1, -0.05) is 6.92 Å². The van der Waals surface area contributed by atoms with Crippen LogP contribution in [0.2, 0.25) is 0 Å². The molecule has 2 aromatic rings. The zero-order chi connectivity index (χ0) is 21.3. The summed E-state index contributed by atoms with van der Waals surface area (Å²) in [7, 11) is 0. The molecule has 0 saturated carbocycles. The van der Waals surface area contributed by atoms with Crippen molar-refractivity contribution in [2.45, 2.75) is 32.6 Å². The van der Waals surface area contributed by atoms with Gasteiger partial charge in [0.15, 0.2) is 11.7 Å². The molecule has 0 aliphatic carbocycles. The van der Waals surface area contributed by atoms with E-state index >= 15 is 0 Å². The molecule has 0 spiro atoms. The summed E-state index contributed by atoms with van der Waals surface area (Å²) in [5.41, 5.74) is 15.4. The van der Waals surface area contributed by atoms with E-state index in [9.17, 15) is 0 Å². The first-order valence-electron chi connectivity index (χ1n) is 10.4. The molecule has 1 fully saturated rings. The van der Waals surface area contributed by atoms with E-state index in [1.165, 1.54) is 0 Å². The molecule has 8 heteroatoms. The lowest BCUT2D eigenvalue weighted by Crippen LogP contribution is -2.42. The van der Waals surface area contributed by atoms with Crippen molar-refractivity contribution in [1.29, 1.82) is 10.7 Å². The number of piperidine rings is 1. The summed E-state index contributed by atoms with van der Waals surface area (Å²) >= 11 is 0. The van der Waals surface area contributed by atoms with Crippen molar-refractivity contribution >= 4 is 23.2 Å². The van der Waals surface area contributed by atoms with E-state index in [-0.39, 0.29) is 17.1 Å². The maximum absolute atomic E-state index is 9.15. The van der Waals surface area contributed by atoms with E-state index in [1.54, 1.807) is 12.3 Å². The van der Waals surface area contributed by atoms with E-state index in [4.69, 9.17) is 22.1 Å². The monoisotopic (exact) mass is 404 g/mol. The molecule has 0 unspecified atom stereocenters. The van der Waals surface area contributed by atoms with Crippen LogP contribution in [0.5, 0.6) is 0 Å². The number of aryl methyl sites for hydroxylation is 1. The second kappa shape index (κ2) is 7.92. The summed E-state index contributed by atoms with van der Waals surface area (Å²) in [6.07, 6.45) is 5.54. The van der Waals surface area contributed by atoms with Crippen LogP contribution in [-0.4, -0.2) is 42.0 Å². The topological polar surface area (TPSA) is 132 Å². The lowest BCUT2D eigenvalue weighted by molar-refractivity contribution is 0.258. The molecular formula is C22H28N8. The number of nitrogen functional groups attached to an aromatic ring is 1. The second-order valence-electron chi connectivity index (χ2n) is 8.52. The van der Waals surface area contributed by atoms with Gasteiger partial charge in [-0.15, -0.1) is 0 Å². The Morgan fingerprint density at radius 3 is 2.73 bits per heavy atom. The first-order valence-corrected chi connectivity index (χ1v) is 10.4. The molecular weight excluding hydrogens is 376 g/mol. The highest BCUT2D eigenvalue weighted by molar-refractivity contribution is 6.09. The first kappa shape index (κ1) is 20.1. The van der Waals surface area contributed by atoms with Gasteiger partial charge in [0.25, 0.3) is 0 Å². The van der Waals surface area contributed by atoms with Crippen LogP contribution in [0.1, 0.15) is 43.0 Å². The number of amidine groups is 1. The normalized spacial score (nSPS) is 17.9. The summed E-state index contributed by atoms with van der Waals surface area (Å²) < 4.78 is 0. The van der Waals surface area contributed by atoms with Crippen molar-refractivity contribution in [2.75, 3.05) is 41.7 Å². The van der Waals surface area contributed by atoms with Gasteiger partial charge in [-0.05, 0) is 61.4 Å². The average Bonchev–Trinajstić information content (AvgIpc) is 2.78. The van der Waals surface area contributed by atoms with Gasteiger partial charge in [-0.2, -0.15) is 5.26 Å². The van der Waals surface area contributed by atoms with Crippen LogP contribution in [0.25, 0.3) is 0 Å². The average molecular weight is 405 g/mol. The molecule has 4 rings (SSSR count). The molecule has 30 heavy (non-hydrogen) atoms. The Bertz CT molecular complexity index is 1000. The minimum Gasteiger partial charge on any atom is -0.382 e. The smallest absolute Gasteiger partial charge is 0.155 e. The molecule has 3 heterocycles. The number of hydrogen-bond donors (Lipinski definition) is 3. The van der Waals surface area contributed by atoms with Crippen molar-refractivity contribution in [3.05, 3.63) is 41.2 Å². The number of benzene rings is 1. The summed E-state index contributed by atoms with van der Waals surface area (Å²) in [5.74, 6) is 1.26. The first-order chi connectivity index (χ1) is 14.4. The Labute approximate surface area is 177 Å². The number of hydrogen-bond acceptors (Lipinski definition) is 7. The Morgan fingerprint density at radius 1 is 1.30 bits per heavy atom. The summed E-state index contributed by atoms with van der Waals surface area (Å²) in [5, 5.41) is 17.9. The lowest BCUT2D eigenvalue weighted by atomic mass is 9.80. The fourth-order valence-electron chi connectivity index (χ4n) is 4.24. The number of fused-ring (bicyclic) bond motifs is 1. The molecule has 1 saturated heterocycles. The van der Waals surface area contributed by atoms with Crippen LogP contribution in [0, 0.1) is 22.2 Å². The highest BCUT2D eigenvalue weighted by Gasteiger charge is 2.30. The molecule has 8 nitrogen and oxygen atoms in total. The SMILES string of the molecule is CC1(CN)CCN(c2cnc(C(=N)N3CCCc4cc(C#N)ccc43)c(N)n2)CC1. The van der Waals surface area contributed by atoms with Crippen molar-refractivity contribution < 1.29 is 0 Å². The number of nitrogens with zero attached hydrogens (tertiary/aromatic N) is 5. The fraction of sp³-hybridized carbons (Fsp3) is 0.455. The molecule has 156 valence electrons. The van der Waals surface area contributed by atoms with Gasteiger partial charge in [-0.3, -0.25) is 5.41 Å². The predicted octanol–water partition coefficient (Wildman–Crippen LogP) is 2.27. The Kier molecular flexibility index (Phi) is 5.31. The van der Waals surface area contributed by atoms with Crippen LogP contribution < -0.4 is 21.3 Å². The zero-order valence-corrected chi connectivity index (χ0v) is 17.4. The molecule has 0 atom stereocenters. The number of nitriles is 1. The van der Waals surface area contributed by atoms with Crippen molar-refractivity contribution in [3.63, 3.8) is 0 Å². The Morgan fingerprint density at radius 2 is 2.07 bits per heavy atom. The second-order valence-corrected chi connectivity index (χ2v) is 8.52. The van der Waals surface area contributed by atoms with Gasteiger partial charge in [0, 0.05) is 25.3 Å². The number of rotatable bonds is 3. The number of nitrogens with one attached hydrogen (secondary N) is 1. The molecule has 1 aromatic heterocycles. The van der Waals surface area contributed by atoms with E-state index < -0.39 is 0 Å². The van der Waals surface area contributed by atoms with Gasteiger partial charge in [0.05, 0.1) is 17.8 Å². The van der Waals surface area contributed by atoms with Crippen LogP contribution in [-0.2, 0) is 6.42 Å². The third kappa shape index (κ3) is 3.68. The Balaban J connectivity index is 1.55. The molecule has 0 bridgehead atoms. The van der Waals surface area contributed by atoms with E-state index in [1.807, 2.05) is 17.0 Å². The number of anilines is 3. The van der Waals surface area contributed by atoms with Gasteiger partial charge >= 0.3 is 0 Å². The predicted molar refractivity (Wildman–Crippen MR) is 119 cm³/mol. The molecule has 5 N–H and O–H groups in total. The number of aromatic nitrogens is 2. The molecule has 0 amide bonds. The summed E-state index contributed by atoms with van der Waals surface area (Å²) in [6, 6.07) is 7.77. The highest BCUT2D eigenvalue weighted by Crippen LogP contribution is 2.32. The number of nitrogens with two attached hydrogens (primary N) is 2. The largest absolute Gasteiger partial charge is 0.382 e. The van der Waals surface area contributed by atoms with Crippen LogP contribution in [0.4, 0.5) is 17.3 Å². The van der Waals surface area contributed by atoms with Crippen LogP contribution >= 0.6 is 0 Å². The summed E-state index contributed by atoms with van der Waals surface area (Å²) in [4.78, 5) is 13.2. The van der Waals surface area contributed by atoms with Crippen LogP contribution in [0.3, 0.4) is 0 Å². The molecule has 2 aliphatic rings. The molecule has 2 aliphatic heterocycles. The van der Waals surface area contributed by atoms with E-state index in [2.05, 4.69) is 27.9 Å². The van der Waals surface area contributed by atoms with Crippen molar-refractivity contribution in [2.24, 2.45) is 11.1 Å². The minimum atomic E-state index is 0.185. The summed E-state index contributed by atoms with van der Waals surface area (Å²) in [6.45, 7) is 5.38. The van der Waals surface area contributed by atoms with Gasteiger partial charge in [0.1, 0.15) is 11.5 Å². The highest BCUT2D eigenvalue weighted by atomic mass is 15.2. The molecule has 0 radical (unpaired) electrons. The van der Waals surface area contributed by atoms with Gasteiger partial charge < -0.3 is 21.3 Å². The van der Waals surface area contributed by atoms with Crippen molar-refractivity contribution in [1.82, 2.24) is 9.97 Å². The third-order valence-electron chi connectivity index (χ3n) is 6.40.